The van der Waals surface area contributed by atoms with Crippen LogP contribution >= 0.6 is 0 Å². The second-order valence-corrected chi connectivity index (χ2v) is 4.34. The third-order valence-corrected chi connectivity index (χ3v) is 2.78. The Kier molecular flexibility index (Phi) is 5.29. The smallest absolute Gasteiger partial charge is 0.292 e. The molecule has 1 aromatic carbocycles. The quantitative estimate of drug-likeness (QED) is 0.629. The van der Waals surface area contributed by atoms with E-state index in [-0.39, 0.29) is 18.1 Å². The number of nitro benzene ring substituents is 1. The van der Waals surface area contributed by atoms with Gasteiger partial charge in [0.1, 0.15) is 5.69 Å². The van der Waals surface area contributed by atoms with Crippen molar-refractivity contribution in [3.63, 3.8) is 0 Å². The second kappa shape index (κ2) is 6.72. The van der Waals surface area contributed by atoms with Gasteiger partial charge in [0.25, 0.3) is 5.69 Å². The number of nitrogens with one attached hydrogen (secondary N) is 1. The van der Waals surface area contributed by atoms with E-state index in [2.05, 4.69) is 5.32 Å². The molecule has 1 N–H and O–H groups in total. The first-order valence-electron chi connectivity index (χ1n) is 6.20. The summed E-state index contributed by atoms with van der Waals surface area (Å²) in [5.74, 6) is -0.164. The number of nitro groups is 1. The lowest BCUT2D eigenvalue weighted by molar-refractivity contribution is -0.384. The molecule has 0 aliphatic rings. The molecule has 1 rings (SSSR count). The van der Waals surface area contributed by atoms with Gasteiger partial charge in [0, 0.05) is 19.7 Å². The molecule has 0 aromatic heterocycles. The van der Waals surface area contributed by atoms with Crippen LogP contribution in [0, 0.1) is 17.0 Å². The van der Waals surface area contributed by atoms with Crippen molar-refractivity contribution in [2.75, 3.05) is 25.0 Å². The monoisotopic (exact) mass is 265 g/mol. The van der Waals surface area contributed by atoms with Gasteiger partial charge in [-0.2, -0.15) is 0 Å². The Balaban J connectivity index is 3.14. The molecule has 0 saturated heterocycles. The normalized spacial score (nSPS) is 10.1. The molecule has 6 heteroatoms. The van der Waals surface area contributed by atoms with Gasteiger partial charge in [-0.15, -0.1) is 0 Å². The van der Waals surface area contributed by atoms with E-state index >= 15 is 0 Å². The number of aryl methyl sites for hydroxylation is 1. The SMILES string of the molecule is CCCN(CC(=O)NC)c1ccc(C)cc1[N+](=O)[O-]. The fraction of sp³-hybridized carbons (Fsp3) is 0.462. The van der Waals surface area contributed by atoms with E-state index in [1.807, 2.05) is 13.0 Å². The fourth-order valence-corrected chi connectivity index (χ4v) is 1.85. The predicted molar refractivity (Wildman–Crippen MR) is 74.4 cm³/mol. The average molecular weight is 265 g/mol. The van der Waals surface area contributed by atoms with Crippen LogP contribution in [0.2, 0.25) is 0 Å². The first-order chi connectivity index (χ1) is 8.99. The van der Waals surface area contributed by atoms with Gasteiger partial charge in [-0.1, -0.05) is 13.0 Å². The number of rotatable bonds is 6. The summed E-state index contributed by atoms with van der Waals surface area (Å²) >= 11 is 0. The third-order valence-electron chi connectivity index (χ3n) is 2.78. The van der Waals surface area contributed by atoms with Gasteiger partial charge in [-0.3, -0.25) is 14.9 Å². The highest BCUT2D eigenvalue weighted by Gasteiger charge is 2.20. The number of anilines is 1. The topological polar surface area (TPSA) is 75.5 Å². The zero-order chi connectivity index (χ0) is 14.4. The number of hydrogen-bond acceptors (Lipinski definition) is 4. The third kappa shape index (κ3) is 3.94. The molecule has 0 heterocycles. The van der Waals surface area contributed by atoms with Gasteiger partial charge in [0.2, 0.25) is 5.91 Å². The minimum absolute atomic E-state index is 0.0392. The minimum atomic E-state index is -0.408. The van der Waals surface area contributed by atoms with Crippen LogP contribution < -0.4 is 10.2 Å². The van der Waals surface area contributed by atoms with Crippen LogP contribution in [-0.4, -0.2) is 31.0 Å². The van der Waals surface area contributed by atoms with Crippen molar-refractivity contribution in [3.05, 3.63) is 33.9 Å². The molecule has 1 amide bonds. The van der Waals surface area contributed by atoms with Crippen molar-refractivity contribution in [3.8, 4) is 0 Å². The Bertz CT molecular complexity index is 474. The molecule has 0 atom stereocenters. The average Bonchev–Trinajstić information content (AvgIpc) is 2.38. The number of hydrogen-bond donors (Lipinski definition) is 1. The van der Waals surface area contributed by atoms with Crippen molar-refractivity contribution in [1.29, 1.82) is 0 Å². The standard InChI is InChI=1S/C13H19N3O3/c1-4-7-15(9-13(17)14-3)11-6-5-10(2)8-12(11)16(18)19/h5-6,8H,4,7,9H2,1-3H3,(H,14,17). The Labute approximate surface area is 112 Å². The summed E-state index contributed by atoms with van der Waals surface area (Å²) in [6.07, 6.45) is 0.808. The fourth-order valence-electron chi connectivity index (χ4n) is 1.85. The number of carbonyl (C=O) groups is 1. The summed E-state index contributed by atoms with van der Waals surface area (Å²) in [7, 11) is 1.55. The van der Waals surface area contributed by atoms with Crippen molar-refractivity contribution < 1.29 is 9.72 Å². The summed E-state index contributed by atoms with van der Waals surface area (Å²) < 4.78 is 0. The van der Waals surface area contributed by atoms with Crippen molar-refractivity contribution in [1.82, 2.24) is 5.32 Å². The van der Waals surface area contributed by atoms with E-state index in [1.54, 1.807) is 24.9 Å². The van der Waals surface area contributed by atoms with E-state index in [4.69, 9.17) is 0 Å². The Morgan fingerprint density at radius 1 is 1.47 bits per heavy atom. The lowest BCUT2D eigenvalue weighted by atomic mass is 10.1. The zero-order valence-electron chi connectivity index (χ0n) is 11.5. The maximum atomic E-state index is 11.5. The molecule has 104 valence electrons. The zero-order valence-corrected chi connectivity index (χ0v) is 11.5. The summed E-state index contributed by atoms with van der Waals surface area (Å²) in [4.78, 5) is 23.9. The first-order valence-corrected chi connectivity index (χ1v) is 6.20. The molecule has 0 fully saturated rings. The van der Waals surface area contributed by atoms with Gasteiger partial charge in [0.15, 0.2) is 0 Å². The lowest BCUT2D eigenvalue weighted by Crippen LogP contribution is -2.36. The molecule has 6 nitrogen and oxygen atoms in total. The van der Waals surface area contributed by atoms with Gasteiger partial charge in [0.05, 0.1) is 11.5 Å². The molecule has 0 radical (unpaired) electrons. The van der Waals surface area contributed by atoms with Gasteiger partial charge in [-0.05, 0) is 25.0 Å². The van der Waals surface area contributed by atoms with E-state index < -0.39 is 4.92 Å². The summed E-state index contributed by atoms with van der Waals surface area (Å²) in [6.45, 7) is 4.49. The largest absolute Gasteiger partial charge is 0.358 e. The Morgan fingerprint density at radius 3 is 2.68 bits per heavy atom. The van der Waals surface area contributed by atoms with Gasteiger partial charge >= 0.3 is 0 Å². The van der Waals surface area contributed by atoms with Crippen molar-refractivity contribution >= 4 is 17.3 Å². The van der Waals surface area contributed by atoms with E-state index in [9.17, 15) is 14.9 Å². The summed E-state index contributed by atoms with van der Waals surface area (Å²) in [6, 6.07) is 5.04. The van der Waals surface area contributed by atoms with Crippen molar-refractivity contribution in [2.24, 2.45) is 0 Å². The van der Waals surface area contributed by atoms with Crippen LogP contribution in [0.5, 0.6) is 0 Å². The molecule has 0 unspecified atom stereocenters. The number of carbonyl (C=O) groups excluding carboxylic acids is 1. The number of likely N-dealkylation sites (N-methyl/N-ethyl adjacent to an activating group) is 1. The number of nitrogens with zero attached hydrogens (tertiary/aromatic N) is 2. The maximum Gasteiger partial charge on any atom is 0.292 e. The number of benzene rings is 1. The Morgan fingerprint density at radius 2 is 2.16 bits per heavy atom. The van der Waals surface area contributed by atoms with Crippen molar-refractivity contribution in [2.45, 2.75) is 20.3 Å². The number of amides is 1. The Hall–Kier alpha value is -2.11. The molecule has 0 aliphatic carbocycles. The summed E-state index contributed by atoms with van der Waals surface area (Å²) in [5.41, 5.74) is 1.35. The van der Waals surface area contributed by atoms with E-state index in [0.29, 0.717) is 12.2 Å². The molecular formula is C13H19N3O3. The highest BCUT2D eigenvalue weighted by atomic mass is 16.6. The summed E-state index contributed by atoms with van der Waals surface area (Å²) in [5, 5.41) is 13.6. The highest BCUT2D eigenvalue weighted by molar-refractivity contribution is 5.82. The van der Waals surface area contributed by atoms with Crippen LogP contribution in [0.4, 0.5) is 11.4 Å². The van der Waals surface area contributed by atoms with Crippen LogP contribution in [-0.2, 0) is 4.79 Å². The van der Waals surface area contributed by atoms with Crippen LogP contribution in [0.3, 0.4) is 0 Å². The second-order valence-electron chi connectivity index (χ2n) is 4.34. The molecule has 0 bridgehead atoms. The van der Waals surface area contributed by atoms with Crippen LogP contribution in [0.25, 0.3) is 0 Å². The van der Waals surface area contributed by atoms with E-state index in [1.165, 1.54) is 6.07 Å². The van der Waals surface area contributed by atoms with Crippen LogP contribution in [0.15, 0.2) is 18.2 Å². The van der Waals surface area contributed by atoms with Crippen LogP contribution in [0.1, 0.15) is 18.9 Å². The molecule has 0 saturated carbocycles. The predicted octanol–water partition coefficient (Wildman–Crippen LogP) is 1.87. The van der Waals surface area contributed by atoms with Gasteiger partial charge < -0.3 is 10.2 Å². The first kappa shape index (κ1) is 14.9. The highest BCUT2D eigenvalue weighted by Crippen LogP contribution is 2.29. The molecule has 1 aromatic rings. The van der Waals surface area contributed by atoms with E-state index in [0.717, 1.165) is 12.0 Å². The minimum Gasteiger partial charge on any atom is -0.358 e. The lowest BCUT2D eigenvalue weighted by Gasteiger charge is -2.23. The van der Waals surface area contributed by atoms with Gasteiger partial charge in [-0.25, -0.2) is 0 Å². The maximum absolute atomic E-state index is 11.5. The molecule has 19 heavy (non-hydrogen) atoms. The molecular weight excluding hydrogens is 246 g/mol. The molecule has 0 spiro atoms. The molecule has 0 aliphatic heterocycles.